The maximum absolute atomic E-state index is 11.4. The predicted molar refractivity (Wildman–Crippen MR) is 115 cm³/mol. The van der Waals surface area contributed by atoms with Gasteiger partial charge < -0.3 is 0 Å². The van der Waals surface area contributed by atoms with Crippen molar-refractivity contribution < 1.29 is 9.53 Å². The third kappa shape index (κ3) is 8.08. The third-order valence-electron chi connectivity index (χ3n) is 6.46. The van der Waals surface area contributed by atoms with Gasteiger partial charge >= 0.3 is 168 Å². The molecular formula is C22H45NO2Sn. The van der Waals surface area contributed by atoms with Gasteiger partial charge in [0, 0.05) is 0 Å². The number of nitrogens with zero attached hydrogens (tertiary/aromatic N) is 1. The van der Waals surface area contributed by atoms with Crippen molar-refractivity contribution in [2.75, 3.05) is 20.2 Å². The summed E-state index contributed by atoms with van der Waals surface area (Å²) in [5.74, 6) is -0.0506. The molecule has 1 saturated heterocycles. The molecule has 0 N–H and O–H groups in total. The van der Waals surface area contributed by atoms with Crippen LogP contribution in [0.3, 0.4) is 0 Å². The summed E-state index contributed by atoms with van der Waals surface area (Å²) in [5, 5.41) is 0. The van der Waals surface area contributed by atoms with Crippen molar-refractivity contribution in [2.24, 2.45) is 0 Å². The van der Waals surface area contributed by atoms with Gasteiger partial charge in [0.2, 0.25) is 0 Å². The summed E-state index contributed by atoms with van der Waals surface area (Å²) in [4.78, 5) is 14.2. The fraction of sp³-hybridized carbons (Fsp3) is 0.955. The molecule has 0 aromatic rings. The molecule has 0 radical (unpaired) electrons. The molecule has 0 bridgehead atoms. The van der Waals surface area contributed by atoms with Crippen molar-refractivity contribution in [1.82, 2.24) is 4.90 Å². The van der Waals surface area contributed by atoms with Gasteiger partial charge in [-0.25, -0.2) is 0 Å². The van der Waals surface area contributed by atoms with Crippen LogP contribution in [-0.2, 0) is 9.53 Å². The Morgan fingerprint density at radius 2 is 1.54 bits per heavy atom. The number of carbonyl (C=O) groups is 1. The maximum atomic E-state index is 11.4. The van der Waals surface area contributed by atoms with Gasteiger partial charge in [0.05, 0.1) is 0 Å². The number of unbranched alkanes of at least 4 members (excludes halogenated alkanes) is 4. The average Bonchev–Trinajstić information content (AvgIpc) is 3.14. The number of rotatable bonds is 15. The van der Waals surface area contributed by atoms with Crippen molar-refractivity contribution in [3.05, 3.63) is 0 Å². The summed E-state index contributed by atoms with van der Waals surface area (Å²) in [6, 6.07) is 0. The van der Waals surface area contributed by atoms with Crippen LogP contribution in [0.5, 0.6) is 0 Å². The second kappa shape index (κ2) is 14.3. The zero-order chi connectivity index (χ0) is 19.3. The van der Waals surface area contributed by atoms with Crippen LogP contribution in [0.1, 0.15) is 91.4 Å². The Morgan fingerprint density at radius 3 is 2.04 bits per heavy atom. The molecule has 1 aliphatic heterocycles. The minimum absolute atomic E-state index is 0.0506. The van der Waals surface area contributed by atoms with Gasteiger partial charge in [-0.1, -0.05) is 0 Å². The Labute approximate surface area is 167 Å². The zero-order valence-corrected chi connectivity index (χ0v) is 21.0. The topological polar surface area (TPSA) is 29.5 Å². The summed E-state index contributed by atoms with van der Waals surface area (Å²) in [7, 11) is 1.50. The number of hydrogen-bond donors (Lipinski definition) is 0. The molecule has 0 aliphatic carbocycles. The van der Waals surface area contributed by atoms with E-state index in [1.54, 1.807) is 13.3 Å². The molecule has 0 unspecified atom stereocenters. The summed E-state index contributed by atoms with van der Waals surface area (Å²) >= 11 is -2.15. The van der Waals surface area contributed by atoms with Gasteiger partial charge in [0.15, 0.2) is 0 Å². The number of esters is 1. The van der Waals surface area contributed by atoms with Crippen LogP contribution >= 0.6 is 0 Å². The van der Waals surface area contributed by atoms with Crippen molar-refractivity contribution in [3.8, 4) is 0 Å². The van der Waals surface area contributed by atoms with E-state index in [-0.39, 0.29) is 5.97 Å². The standard InChI is InChI=1S/C10H18NO2.3C4H9.Sn/c1-13-10(12)6-2-3-7-11-8-4-5-9-11;3*1-3-4-2;/h8H,2-7,9H2,1H3;3*1,3-4H2,2H3;. The molecule has 1 rings (SSSR count). The van der Waals surface area contributed by atoms with Crippen LogP contribution in [-0.4, -0.2) is 53.5 Å². The fourth-order valence-electron chi connectivity index (χ4n) is 4.93. The van der Waals surface area contributed by atoms with Crippen molar-refractivity contribution in [2.45, 2.75) is 109 Å². The van der Waals surface area contributed by atoms with Gasteiger partial charge in [-0.2, -0.15) is 0 Å². The monoisotopic (exact) mass is 475 g/mol. The van der Waals surface area contributed by atoms with Gasteiger partial charge in [0.25, 0.3) is 0 Å². The van der Waals surface area contributed by atoms with Crippen molar-refractivity contribution in [3.63, 3.8) is 0 Å². The van der Waals surface area contributed by atoms with Crippen LogP contribution < -0.4 is 0 Å². The molecule has 1 heterocycles. The van der Waals surface area contributed by atoms with E-state index < -0.39 is 18.4 Å². The minimum atomic E-state index is -2.15. The van der Waals surface area contributed by atoms with Crippen molar-refractivity contribution in [1.29, 1.82) is 0 Å². The van der Waals surface area contributed by atoms with Gasteiger partial charge in [-0.15, -0.1) is 0 Å². The van der Waals surface area contributed by atoms with E-state index in [1.165, 1.54) is 71.6 Å². The summed E-state index contributed by atoms with van der Waals surface area (Å²) in [6.45, 7) is 9.64. The molecule has 4 heteroatoms. The number of hydrogen-bond acceptors (Lipinski definition) is 3. The van der Waals surface area contributed by atoms with Crippen LogP contribution in [0.4, 0.5) is 0 Å². The van der Waals surface area contributed by atoms with Gasteiger partial charge in [-0.05, 0) is 0 Å². The molecule has 0 saturated carbocycles. The van der Waals surface area contributed by atoms with Crippen LogP contribution in [0, 0.1) is 0 Å². The van der Waals surface area contributed by atoms with E-state index in [9.17, 15) is 4.79 Å². The molecule has 0 aromatic heterocycles. The summed E-state index contributed by atoms with van der Waals surface area (Å²) in [6.07, 6.45) is 14.1. The summed E-state index contributed by atoms with van der Waals surface area (Å²) in [5.41, 5.74) is 0. The van der Waals surface area contributed by atoms with E-state index in [2.05, 4.69) is 25.7 Å². The van der Waals surface area contributed by atoms with E-state index in [0.717, 1.165) is 16.9 Å². The molecule has 1 aliphatic rings. The summed E-state index contributed by atoms with van der Waals surface area (Å²) < 4.78 is 10.6. The zero-order valence-electron chi connectivity index (χ0n) is 18.2. The first kappa shape index (κ1) is 24.3. The van der Waals surface area contributed by atoms with E-state index in [4.69, 9.17) is 4.74 Å². The molecule has 0 amide bonds. The molecule has 1 atom stereocenters. The second-order valence-electron chi connectivity index (χ2n) is 8.40. The number of carbonyl (C=O) groups excluding carboxylic acids is 1. The molecule has 1 fully saturated rings. The Kier molecular flexibility index (Phi) is 13.3. The first-order chi connectivity index (χ1) is 12.6. The Bertz CT molecular complexity index is 353. The van der Waals surface area contributed by atoms with E-state index >= 15 is 0 Å². The van der Waals surface area contributed by atoms with Crippen LogP contribution in [0.15, 0.2) is 0 Å². The van der Waals surface area contributed by atoms with E-state index in [1.807, 2.05) is 0 Å². The first-order valence-electron chi connectivity index (χ1n) is 11.4. The number of methoxy groups -OCH3 is 1. The van der Waals surface area contributed by atoms with Crippen molar-refractivity contribution >= 4 is 24.3 Å². The Balaban J connectivity index is 2.74. The molecule has 154 valence electrons. The SMILES string of the molecule is CCC[CH2][Sn]([CH2]CCC)([CH2]CCC)[C@H]1CCCN1CCCCC(=O)OC. The predicted octanol–water partition coefficient (Wildman–Crippen LogP) is 6.18. The number of likely N-dealkylation sites (tertiary alicyclic amines) is 1. The quantitative estimate of drug-likeness (QED) is 0.161. The Morgan fingerprint density at radius 1 is 0.962 bits per heavy atom. The van der Waals surface area contributed by atoms with E-state index in [0.29, 0.717) is 6.42 Å². The molecule has 26 heavy (non-hydrogen) atoms. The Hall–Kier alpha value is 0.229. The number of ether oxygens (including phenoxy) is 1. The van der Waals surface area contributed by atoms with Gasteiger partial charge in [-0.3, -0.25) is 0 Å². The van der Waals surface area contributed by atoms with Crippen LogP contribution in [0.2, 0.25) is 13.3 Å². The third-order valence-corrected chi connectivity index (χ3v) is 23.9. The normalized spacial score (nSPS) is 18.4. The molecular weight excluding hydrogens is 429 g/mol. The molecule has 0 aromatic carbocycles. The fourth-order valence-corrected chi connectivity index (χ4v) is 24.3. The second-order valence-corrected chi connectivity index (χ2v) is 22.4. The average molecular weight is 474 g/mol. The molecule has 0 spiro atoms. The molecule has 3 nitrogen and oxygen atoms in total. The first-order valence-corrected chi connectivity index (χ1v) is 19.1. The van der Waals surface area contributed by atoms with Gasteiger partial charge in [0.1, 0.15) is 0 Å². The van der Waals surface area contributed by atoms with Crippen LogP contribution in [0.25, 0.3) is 0 Å².